The van der Waals surface area contributed by atoms with Crippen molar-refractivity contribution in [2.45, 2.75) is 26.7 Å². The second-order valence-corrected chi connectivity index (χ2v) is 3.91. The lowest BCUT2D eigenvalue weighted by Gasteiger charge is -2.00. The van der Waals surface area contributed by atoms with E-state index in [0.717, 1.165) is 0 Å². The maximum atomic E-state index is 10.6. The van der Waals surface area contributed by atoms with Crippen LogP contribution in [0.25, 0.3) is 0 Å². The summed E-state index contributed by atoms with van der Waals surface area (Å²) in [6.45, 7) is 3.20. The van der Waals surface area contributed by atoms with Crippen LogP contribution < -0.4 is 0 Å². The smallest absolute Gasteiger partial charge is 0.322 e. The Morgan fingerprint density at radius 3 is 2.27 bits per heavy atom. The van der Waals surface area contributed by atoms with Crippen LogP contribution in [0.3, 0.4) is 0 Å². The Labute approximate surface area is 66.7 Å². The van der Waals surface area contributed by atoms with E-state index in [4.69, 9.17) is 0 Å². The Morgan fingerprint density at radius 1 is 1.36 bits per heavy atom. The molecule has 0 atom stereocenters. The lowest BCUT2D eigenvalue weighted by atomic mass is 10.4. The van der Waals surface area contributed by atoms with Crippen molar-refractivity contribution in [2.24, 2.45) is 0 Å². The predicted octanol–water partition coefficient (Wildman–Crippen LogP) is 0.679. The van der Waals surface area contributed by atoms with E-state index in [1.54, 1.807) is 6.92 Å². The highest BCUT2D eigenvalue weighted by Crippen LogP contribution is 1.97. The van der Waals surface area contributed by atoms with Crippen molar-refractivity contribution in [1.82, 2.24) is 0 Å². The van der Waals surface area contributed by atoms with Crippen molar-refractivity contribution < 1.29 is 17.4 Å². The molecule has 66 valence electrons. The number of rotatable bonds is 4. The van der Waals surface area contributed by atoms with E-state index in [1.165, 1.54) is 6.92 Å². The van der Waals surface area contributed by atoms with Crippen molar-refractivity contribution in [2.75, 3.05) is 5.75 Å². The van der Waals surface area contributed by atoms with E-state index >= 15 is 0 Å². The van der Waals surface area contributed by atoms with Crippen LogP contribution in [-0.2, 0) is 19.1 Å². The van der Waals surface area contributed by atoms with Gasteiger partial charge in [0, 0.05) is 6.42 Å². The van der Waals surface area contributed by atoms with E-state index in [1.807, 2.05) is 0 Å². The Kier molecular flexibility index (Phi) is 4.10. The molecule has 0 radical (unpaired) electrons. The summed E-state index contributed by atoms with van der Waals surface area (Å²) in [5.41, 5.74) is 0. The predicted molar refractivity (Wildman–Crippen MR) is 40.5 cm³/mol. The van der Waals surface area contributed by atoms with Crippen LogP contribution in [0.1, 0.15) is 26.7 Å². The fourth-order valence-electron chi connectivity index (χ4n) is 0.446. The summed E-state index contributed by atoms with van der Waals surface area (Å²) in [7, 11) is -3.59. The van der Waals surface area contributed by atoms with Crippen LogP contribution in [0.15, 0.2) is 0 Å². The molecule has 0 fully saturated rings. The molecule has 0 spiro atoms. The van der Waals surface area contributed by atoms with Gasteiger partial charge in [-0.2, -0.15) is 8.42 Å². The molecule has 0 unspecified atom stereocenters. The van der Waals surface area contributed by atoms with Gasteiger partial charge < -0.3 is 4.18 Å². The SMILES string of the molecule is CCCC(=O)OS(=O)(=O)CC. The standard InChI is InChI=1S/C6H12O4S/c1-3-5-6(7)10-11(8,9)4-2/h3-5H2,1-2H3. The highest BCUT2D eigenvalue weighted by Gasteiger charge is 2.12. The van der Waals surface area contributed by atoms with Gasteiger partial charge in [0.05, 0.1) is 5.75 Å². The van der Waals surface area contributed by atoms with Gasteiger partial charge in [-0.1, -0.05) is 6.92 Å². The topological polar surface area (TPSA) is 60.4 Å². The Morgan fingerprint density at radius 2 is 1.91 bits per heavy atom. The molecule has 0 aromatic rings. The molecule has 0 bridgehead atoms. The Balaban J connectivity index is 3.95. The van der Waals surface area contributed by atoms with Gasteiger partial charge in [0.25, 0.3) is 0 Å². The molecular formula is C6H12O4S. The van der Waals surface area contributed by atoms with Crippen molar-refractivity contribution >= 4 is 16.1 Å². The van der Waals surface area contributed by atoms with E-state index < -0.39 is 16.1 Å². The summed E-state index contributed by atoms with van der Waals surface area (Å²) >= 11 is 0. The van der Waals surface area contributed by atoms with Crippen molar-refractivity contribution in [1.29, 1.82) is 0 Å². The van der Waals surface area contributed by atoms with E-state index in [9.17, 15) is 13.2 Å². The molecule has 0 N–H and O–H groups in total. The fraction of sp³-hybridized carbons (Fsp3) is 0.833. The molecule has 0 aliphatic heterocycles. The van der Waals surface area contributed by atoms with Gasteiger partial charge in [0.2, 0.25) is 0 Å². The first-order chi connectivity index (χ1) is 5.02. The molecular weight excluding hydrogens is 168 g/mol. The summed E-state index contributed by atoms with van der Waals surface area (Å²) in [6.07, 6.45) is 0.747. The van der Waals surface area contributed by atoms with E-state index in [-0.39, 0.29) is 12.2 Å². The average molecular weight is 180 g/mol. The molecule has 4 nitrogen and oxygen atoms in total. The van der Waals surface area contributed by atoms with Gasteiger partial charge >= 0.3 is 16.1 Å². The van der Waals surface area contributed by atoms with Crippen molar-refractivity contribution in [3.8, 4) is 0 Å². The van der Waals surface area contributed by atoms with Gasteiger partial charge in [-0.15, -0.1) is 0 Å². The first-order valence-corrected chi connectivity index (χ1v) is 5.04. The fourth-order valence-corrected chi connectivity index (χ4v) is 0.931. The van der Waals surface area contributed by atoms with E-state index in [2.05, 4.69) is 4.18 Å². The number of hydrogen-bond acceptors (Lipinski definition) is 4. The molecule has 0 saturated heterocycles. The molecule has 0 heterocycles. The Hall–Kier alpha value is -0.580. The first-order valence-electron chi connectivity index (χ1n) is 3.46. The molecule has 0 aromatic heterocycles. The van der Waals surface area contributed by atoms with Crippen LogP contribution in [0.4, 0.5) is 0 Å². The third-order valence-corrected chi connectivity index (χ3v) is 2.17. The van der Waals surface area contributed by atoms with Gasteiger partial charge in [0.15, 0.2) is 0 Å². The summed E-state index contributed by atoms with van der Waals surface area (Å²) in [5.74, 6) is -0.836. The molecule has 0 saturated carbocycles. The van der Waals surface area contributed by atoms with Crippen LogP contribution in [0.2, 0.25) is 0 Å². The van der Waals surface area contributed by atoms with Gasteiger partial charge in [-0.05, 0) is 13.3 Å². The summed E-state index contributed by atoms with van der Waals surface area (Å²) in [4.78, 5) is 10.6. The summed E-state index contributed by atoms with van der Waals surface area (Å²) in [6, 6.07) is 0. The molecule has 11 heavy (non-hydrogen) atoms. The molecule has 0 amide bonds. The molecule has 0 aliphatic carbocycles. The number of carbonyl (C=O) groups is 1. The highest BCUT2D eigenvalue weighted by atomic mass is 32.2. The minimum Gasteiger partial charge on any atom is -0.346 e. The number of carbonyl (C=O) groups excluding carboxylic acids is 1. The summed E-state index contributed by atoms with van der Waals surface area (Å²) in [5, 5.41) is 0. The lowest BCUT2D eigenvalue weighted by molar-refractivity contribution is -0.133. The summed E-state index contributed by atoms with van der Waals surface area (Å²) < 4.78 is 25.4. The molecule has 0 aliphatic rings. The van der Waals surface area contributed by atoms with E-state index in [0.29, 0.717) is 6.42 Å². The van der Waals surface area contributed by atoms with Gasteiger partial charge in [-0.3, -0.25) is 4.79 Å². The normalized spacial score (nSPS) is 11.1. The third-order valence-electron chi connectivity index (χ3n) is 1.03. The van der Waals surface area contributed by atoms with Gasteiger partial charge in [0.1, 0.15) is 0 Å². The zero-order valence-electron chi connectivity index (χ0n) is 6.66. The van der Waals surface area contributed by atoms with Crippen LogP contribution in [-0.4, -0.2) is 20.1 Å². The highest BCUT2D eigenvalue weighted by molar-refractivity contribution is 7.87. The second kappa shape index (κ2) is 4.33. The zero-order chi connectivity index (χ0) is 8.91. The molecule has 0 aromatic carbocycles. The monoisotopic (exact) mass is 180 g/mol. The van der Waals surface area contributed by atoms with Crippen LogP contribution >= 0.6 is 0 Å². The first kappa shape index (κ1) is 10.4. The van der Waals surface area contributed by atoms with Crippen LogP contribution in [0.5, 0.6) is 0 Å². The minimum absolute atomic E-state index is 0.152. The second-order valence-electron chi connectivity index (χ2n) is 2.05. The Bertz CT molecular complexity index is 217. The largest absolute Gasteiger partial charge is 0.346 e. The molecule has 5 heteroatoms. The maximum Gasteiger partial charge on any atom is 0.322 e. The van der Waals surface area contributed by atoms with Crippen molar-refractivity contribution in [3.63, 3.8) is 0 Å². The zero-order valence-corrected chi connectivity index (χ0v) is 7.48. The molecule has 0 rings (SSSR count). The van der Waals surface area contributed by atoms with Crippen molar-refractivity contribution in [3.05, 3.63) is 0 Å². The van der Waals surface area contributed by atoms with Crippen LogP contribution in [0, 0.1) is 0 Å². The lowest BCUT2D eigenvalue weighted by Crippen LogP contribution is -2.14. The maximum absolute atomic E-state index is 10.6. The average Bonchev–Trinajstić information content (AvgIpc) is 1.87. The minimum atomic E-state index is -3.59. The number of hydrogen-bond donors (Lipinski definition) is 0. The van der Waals surface area contributed by atoms with Gasteiger partial charge in [-0.25, -0.2) is 0 Å². The quantitative estimate of drug-likeness (QED) is 0.597. The third kappa shape index (κ3) is 4.78.